The highest BCUT2D eigenvalue weighted by Gasteiger charge is 2.69. The highest BCUT2D eigenvalue weighted by Crippen LogP contribution is 2.53. The number of aliphatic hydroxyl groups is 3. The van der Waals surface area contributed by atoms with Crippen LogP contribution in [0.1, 0.15) is 34.3 Å². The van der Waals surface area contributed by atoms with Gasteiger partial charge in [0.05, 0.1) is 24.1 Å². The van der Waals surface area contributed by atoms with Crippen LogP contribution in [0.5, 0.6) is 11.5 Å². The molecule has 0 spiro atoms. The summed E-state index contributed by atoms with van der Waals surface area (Å²) in [6.45, 7) is 1.60. The number of rotatable bonds is 8. The molecule has 0 aromatic heterocycles. The second-order valence-corrected chi connectivity index (χ2v) is 13.0. The zero-order chi connectivity index (χ0) is 32.5. The molecule has 4 aliphatic rings. The molecule has 1 heterocycles. The lowest BCUT2D eigenvalue weighted by Gasteiger charge is -2.52. The number of primary amides is 1. The Morgan fingerprint density at radius 3 is 2.47 bits per heavy atom. The summed E-state index contributed by atoms with van der Waals surface area (Å²) in [6, 6.07) is 4.17. The summed E-state index contributed by atoms with van der Waals surface area (Å²) in [6.07, 6.45) is -0.236. The molecule has 1 amide bonds. The van der Waals surface area contributed by atoms with Gasteiger partial charge in [0.25, 0.3) is 0 Å². The fourth-order valence-electron chi connectivity index (χ4n) is 7.77. The number of Topliss-reactive ketones (excluding diaryl/α,β-unsaturated/α-hetero) is 4. The van der Waals surface area contributed by atoms with Crippen LogP contribution in [0.2, 0.25) is 0 Å². The number of hydrogen-bond donors (Lipinski definition) is 5. The summed E-state index contributed by atoms with van der Waals surface area (Å²) in [5.41, 5.74) is 3.54. The van der Waals surface area contributed by atoms with Gasteiger partial charge in [0, 0.05) is 28.8 Å². The van der Waals surface area contributed by atoms with Crippen LogP contribution in [-0.4, -0.2) is 117 Å². The second-order valence-electron chi connectivity index (χ2n) is 13.0. The van der Waals surface area contributed by atoms with E-state index in [1.54, 1.807) is 12.1 Å². The minimum atomic E-state index is -2.82. The maximum Gasteiger partial charge on any atom is 0.235 e. The van der Waals surface area contributed by atoms with Gasteiger partial charge in [-0.15, -0.1) is 0 Å². The lowest BCUT2D eigenvalue weighted by molar-refractivity contribution is -0.181. The number of fused-ring (bicyclic) bond motifs is 4. The quantitative estimate of drug-likeness (QED) is 0.224. The van der Waals surface area contributed by atoms with Gasteiger partial charge in [-0.1, -0.05) is 12.1 Å². The third-order valence-electron chi connectivity index (χ3n) is 10.0. The molecular weight excluding hydrogens is 586 g/mol. The van der Waals surface area contributed by atoms with Gasteiger partial charge in [-0.25, -0.2) is 0 Å². The minimum Gasteiger partial charge on any atom is -0.507 e. The molecule has 2 aromatic carbocycles. The van der Waals surface area contributed by atoms with Crippen molar-refractivity contribution in [3.8, 4) is 11.5 Å². The van der Waals surface area contributed by atoms with E-state index >= 15 is 0 Å². The van der Waals surface area contributed by atoms with Crippen LogP contribution >= 0.6 is 0 Å². The highest BCUT2D eigenvalue weighted by molar-refractivity contribution is 6.32. The van der Waals surface area contributed by atoms with Crippen LogP contribution in [0.4, 0.5) is 0 Å². The van der Waals surface area contributed by atoms with Crippen molar-refractivity contribution < 1.29 is 49.1 Å². The fourth-order valence-corrected chi connectivity index (χ4v) is 7.77. The van der Waals surface area contributed by atoms with Crippen molar-refractivity contribution in [2.24, 2.45) is 29.4 Å². The molecule has 6 rings (SSSR count). The SMILES string of the molecule is CN(C)[C@@H]1C(=O)C(C(N)=O)C(=O)[C@@]2(O)C(=O)C3C(=O)c4c(c(OCC(O)CO)c5ccc(CN6CCC6)cc5c4O)C[C@H]3C[C@@H]12. The standard InChI is InChI=1S/C32H37N3O10/c1-34(2)24-20-10-15-9-19-22(26(39)21(15)29(41)32(20,44)30(42)23(27(24)40)31(33)43)25(38)18-8-14(11-35-6-3-7-35)4-5-17(18)28(19)45-13-16(37)12-36/h4-5,8,15-16,20-21,23-24,36-38,44H,3,6-7,9-13H2,1-2H3,(H2,33,43)/t15-,16?,20-,21?,23?,24-,32-/m0/s1. The van der Waals surface area contributed by atoms with Gasteiger partial charge in [-0.05, 0) is 64.0 Å². The molecule has 13 heteroatoms. The van der Waals surface area contributed by atoms with E-state index in [1.807, 2.05) is 6.07 Å². The lowest BCUT2D eigenvalue weighted by Crippen LogP contribution is -2.74. The molecule has 45 heavy (non-hydrogen) atoms. The lowest BCUT2D eigenvalue weighted by atomic mass is 9.52. The number of likely N-dealkylation sites (N-methyl/N-ethyl adjacent to an activating group) is 1. The number of amides is 1. The van der Waals surface area contributed by atoms with E-state index in [1.165, 1.54) is 19.0 Å². The fraction of sp³-hybridized carbons (Fsp3) is 0.531. The van der Waals surface area contributed by atoms with E-state index in [-0.39, 0.29) is 47.5 Å². The molecule has 0 radical (unpaired) electrons. The van der Waals surface area contributed by atoms with Crippen LogP contribution in [0, 0.1) is 23.7 Å². The summed E-state index contributed by atoms with van der Waals surface area (Å²) in [5.74, 6) is -11.2. The molecule has 7 atom stereocenters. The third kappa shape index (κ3) is 4.67. The number of ketones is 4. The number of benzene rings is 2. The van der Waals surface area contributed by atoms with E-state index in [9.17, 15) is 44.4 Å². The molecule has 240 valence electrons. The molecule has 0 bridgehead atoms. The Balaban J connectivity index is 1.49. The zero-order valence-corrected chi connectivity index (χ0v) is 25.1. The topological polar surface area (TPSA) is 208 Å². The first kappa shape index (κ1) is 31.2. The summed E-state index contributed by atoms with van der Waals surface area (Å²) in [7, 11) is 3.04. The number of carbonyl (C=O) groups excluding carboxylic acids is 5. The van der Waals surface area contributed by atoms with Gasteiger partial charge >= 0.3 is 0 Å². The summed E-state index contributed by atoms with van der Waals surface area (Å²) < 4.78 is 6.01. The number of aromatic hydroxyl groups is 1. The number of phenolic OH excluding ortho intramolecular Hbond substituents is 1. The minimum absolute atomic E-state index is 0.00935. The van der Waals surface area contributed by atoms with Crippen molar-refractivity contribution >= 4 is 39.8 Å². The number of carbonyl (C=O) groups is 5. The summed E-state index contributed by atoms with van der Waals surface area (Å²) in [4.78, 5) is 71.2. The number of aliphatic hydroxyl groups excluding tert-OH is 2. The van der Waals surface area contributed by atoms with Crippen molar-refractivity contribution in [1.29, 1.82) is 0 Å². The molecule has 2 saturated carbocycles. The van der Waals surface area contributed by atoms with E-state index < -0.39 is 77.1 Å². The molecule has 3 fully saturated rings. The number of nitrogens with two attached hydrogens (primary N) is 1. The molecule has 3 unspecified atom stereocenters. The molecule has 3 aliphatic carbocycles. The zero-order valence-electron chi connectivity index (χ0n) is 25.1. The number of nitrogens with zero attached hydrogens (tertiary/aromatic N) is 2. The van der Waals surface area contributed by atoms with E-state index in [0.29, 0.717) is 11.9 Å². The van der Waals surface area contributed by atoms with Gasteiger partial charge in [0.15, 0.2) is 34.7 Å². The molecule has 6 N–H and O–H groups in total. The molecule has 13 nitrogen and oxygen atoms in total. The number of phenols is 1. The predicted molar refractivity (Wildman–Crippen MR) is 157 cm³/mol. The van der Waals surface area contributed by atoms with Crippen molar-refractivity contribution in [2.45, 2.75) is 43.6 Å². The second kappa shape index (κ2) is 11.2. The summed E-state index contributed by atoms with van der Waals surface area (Å²) in [5, 5.41) is 43.7. The van der Waals surface area contributed by atoms with Gasteiger partial charge in [0.1, 0.15) is 24.2 Å². The predicted octanol–water partition coefficient (Wildman–Crippen LogP) is -1.04. The molecule has 2 aromatic rings. The van der Waals surface area contributed by atoms with E-state index in [0.717, 1.165) is 25.1 Å². The number of hydrogen-bond acceptors (Lipinski definition) is 12. The first-order chi connectivity index (χ1) is 21.3. The third-order valence-corrected chi connectivity index (χ3v) is 10.0. The van der Waals surface area contributed by atoms with Crippen molar-refractivity contribution in [3.05, 3.63) is 34.9 Å². The average Bonchev–Trinajstić information content (AvgIpc) is 2.96. The van der Waals surface area contributed by atoms with Crippen molar-refractivity contribution in [1.82, 2.24) is 9.80 Å². The maximum atomic E-state index is 14.3. The Hall–Kier alpha value is -3.75. The number of likely N-dealkylation sites (tertiary alicyclic amines) is 1. The van der Waals surface area contributed by atoms with Gasteiger partial charge in [0.2, 0.25) is 5.91 Å². The van der Waals surface area contributed by atoms with Crippen LogP contribution in [0.25, 0.3) is 10.8 Å². The van der Waals surface area contributed by atoms with Crippen LogP contribution < -0.4 is 10.5 Å². The Morgan fingerprint density at radius 1 is 1.16 bits per heavy atom. The molecular formula is C32H37N3O10. The smallest absolute Gasteiger partial charge is 0.235 e. The van der Waals surface area contributed by atoms with Crippen molar-refractivity contribution in [3.63, 3.8) is 0 Å². The summed E-state index contributed by atoms with van der Waals surface area (Å²) >= 11 is 0. The van der Waals surface area contributed by atoms with E-state index in [2.05, 4.69) is 4.90 Å². The highest BCUT2D eigenvalue weighted by atomic mass is 16.5. The maximum absolute atomic E-state index is 14.3. The van der Waals surface area contributed by atoms with Crippen molar-refractivity contribution in [2.75, 3.05) is 40.4 Å². The van der Waals surface area contributed by atoms with Gasteiger partial charge in [-0.3, -0.25) is 33.8 Å². The first-order valence-corrected chi connectivity index (χ1v) is 15.1. The van der Waals surface area contributed by atoms with E-state index in [4.69, 9.17) is 10.5 Å². The average molecular weight is 624 g/mol. The van der Waals surface area contributed by atoms with Crippen LogP contribution in [0.15, 0.2) is 18.2 Å². The normalized spacial score (nSPS) is 30.5. The number of ether oxygens (including phenoxy) is 1. The van der Waals surface area contributed by atoms with Gasteiger partial charge in [-0.2, -0.15) is 0 Å². The molecule has 1 saturated heterocycles. The Labute approximate surface area is 258 Å². The Morgan fingerprint density at radius 2 is 1.87 bits per heavy atom. The van der Waals surface area contributed by atoms with Gasteiger partial charge < -0.3 is 30.9 Å². The van der Waals surface area contributed by atoms with Crippen LogP contribution in [-0.2, 0) is 32.1 Å². The Kier molecular flexibility index (Phi) is 7.81. The van der Waals surface area contributed by atoms with Crippen LogP contribution in [0.3, 0.4) is 0 Å². The molecule has 1 aliphatic heterocycles. The Bertz CT molecular complexity index is 1630. The monoisotopic (exact) mass is 623 g/mol. The largest absolute Gasteiger partial charge is 0.507 e. The first-order valence-electron chi connectivity index (χ1n) is 15.1.